The number of hydrogen-bond acceptors (Lipinski definition) is 8. The summed E-state index contributed by atoms with van der Waals surface area (Å²) in [5.41, 5.74) is 2.43. The predicted octanol–water partition coefficient (Wildman–Crippen LogP) is 6.37. The number of azo groups is 1. The lowest BCUT2D eigenvalue weighted by atomic mass is 10.2. The van der Waals surface area contributed by atoms with Crippen molar-refractivity contribution < 1.29 is 14.2 Å². The van der Waals surface area contributed by atoms with Gasteiger partial charge in [0, 0.05) is 35.8 Å². The Balaban J connectivity index is 1.98. The fourth-order valence-corrected chi connectivity index (χ4v) is 4.79. The van der Waals surface area contributed by atoms with Crippen LogP contribution in [0.2, 0.25) is 5.02 Å². The van der Waals surface area contributed by atoms with Crippen molar-refractivity contribution in [2.24, 2.45) is 17.3 Å². The number of carbonyl (C=O) groups excluding carboxylic acids is 1. The highest BCUT2D eigenvalue weighted by molar-refractivity contribution is 7.18. The first-order chi connectivity index (χ1) is 16.6. The van der Waals surface area contributed by atoms with E-state index in [0.29, 0.717) is 45.0 Å². The molecule has 1 heterocycles. The van der Waals surface area contributed by atoms with Gasteiger partial charge in [-0.1, -0.05) is 16.7 Å². The molecule has 0 fully saturated rings. The molecule has 9 nitrogen and oxygen atoms in total. The maximum absolute atomic E-state index is 11.9. The molecule has 0 aliphatic rings. The van der Waals surface area contributed by atoms with Crippen LogP contribution in [0.5, 0.6) is 5.75 Å². The molecular formula is C24H31ClN7O2S+. The van der Waals surface area contributed by atoms with Crippen molar-refractivity contribution in [1.82, 2.24) is 5.10 Å². The van der Waals surface area contributed by atoms with E-state index in [1.165, 1.54) is 18.3 Å². The first-order valence-corrected chi connectivity index (χ1v) is 12.4. The van der Waals surface area contributed by atoms with Crippen molar-refractivity contribution in [3.63, 3.8) is 0 Å². The number of carbonyl (C=O) groups is 1. The number of nitrogens with zero attached hydrogens (tertiary/aromatic N) is 5. The van der Waals surface area contributed by atoms with Crippen molar-refractivity contribution in [3.8, 4) is 5.75 Å². The number of amides is 1. The number of anilines is 4. The van der Waals surface area contributed by atoms with Crippen LogP contribution in [0.1, 0.15) is 34.6 Å². The summed E-state index contributed by atoms with van der Waals surface area (Å²) in [6.45, 7) is 9.98. The van der Waals surface area contributed by atoms with E-state index in [1.54, 1.807) is 36.1 Å². The maximum Gasteiger partial charge on any atom is 0.431 e. The molecule has 2 aromatic carbocycles. The second kappa shape index (κ2) is 11.5. The zero-order valence-corrected chi connectivity index (χ0v) is 22.5. The zero-order valence-electron chi connectivity index (χ0n) is 21.0. The van der Waals surface area contributed by atoms with Crippen LogP contribution < -0.4 is 25.0 Å². The Morgan fingerprint density at radius 1 is 1.11 bits per heavy atom. The molecule has 0 radical (unpaired) electrons. The minimum atomic E-state index is -0.223. The van der Waals surface area contributed by atoms with Crippen LogP contribution in [0.25, 0.3) is 0 Å². The van der Waals surface area contributed by atoms with Crippen LogP contribution in [0.15, 0.2) is 46.6 Å². The molecule has 0 saturated carbocycles. The Morgan fingerprint density at radius 2 is 1.77 bits per heavy atom. The molecule has 11 heteroatoms. The number of rotatable bonds is 9. The lowest BCUT2D eigenvalue weighted by Gasteiger charge is -2.28. The van der Waals surface area contributed by atoms with Crippen LogP contribution in [0.4, 0.5) is 33.0 Å². The van der Waals surface area contributed by atoms with Gasteiger partial charge in [0.05, 0.1) is 23.6 Å². The SMILES string of the molecule is COc1cc(N=Nc2sc(N(C(C)C)C(C)C)n[n+]2C)c(NC(C)=O)cc1Nc1ccc(Cl)cc1. The van der Waals surface area contributed by atoms with Gasteiger partial charge < -0.3 is 20.3 Å². The summed E-state index contributed by atoms with van der Waals surface area (Å²) in [5.74, 6) is 0.322. The van der Waals surface area contributed by atoms with Gasteiger partial charge in [0.25, 0.3) is 0 Å². The molecule has 1 aromatic heterocycles. The molecule has 186 valence electrons. The van der Waals surface area contributed by atoms with Crippen molar-refractivity contribution in [2.75, 3.05) is 22.6 Å². The van der Waals surface area contributed by atoms with E-state index in [4.69, 9.17) is 16.3 Å². The standard InChI is InChI=1S/C24H30ClN7O2S/c1-14(2)32(15(3)4)24-30-31(6)23(35-24)29-28-20-13-22(34-7)21(12-19(20)26-16(5)33)27-18-10-8-17(25)9-11-18/h8-15H,1-7H3,(H,26,27,33)/p+1. The summed E-state index contributed by atoms with van der Waals surface area (Å²) in [4.78, 5) is 14.1. The van der Waals surface area contributed by atoms with Crippen molar-refractivity contribution in [1.29, 1.82) is 0 Å². The van der Waals surface area contributed by atoms with E-state index < -0.39 is 0 Å². The van der Waals surface area contributed by atoms with E-state index in [0.717, 1.165) is 10.8 Å². The van der Waals surface area contributed by atoms with Crippen LogP contribution in [-0.4, -0.2) is 30.2 Å². The molecule has 2 N–H and O–H groups in total. The van der Waals surface area contributed by atoms with E-state index >= 15 is 0 Å². The highest BCUT2D eigenvalue weighted by Gasteiger charge is 2.24. The average molecular weight is 517 g/mol. The molecular weight excluding hydrogens is 486 g/mol. The third-order valence-corrected chi connectivity index (χ3v) is 6.28. The van der Waals surface area contributed by atoms with E-state index in [2.05, 4.69) is 58.6 Å². The summed E-state index contributed by atoms with van der Waals surface area (Å²) < 4.78 is 7.28. The minimum Gasteiger partial charge on any atom is -0.494 e. The van der Waals surface area contributed by atoms with Crippen LogP contribution >= 0.6 is 22.9 Å². The van der Waals surface area contributed by atoms with Crippen LogP contribution in [0, 0.1) is 0 Å². The average Bonchev–Trinajstić information content (AvgIpc) is 3.13. The van der Waals surface area contributed by atoms with Gasteiger partial charge in [-0.3, -0.25) is 4.79 Å². The third kappa shape index (κ3) is 6.67. The maximum atomic E-state index is 11.9. The molecule has 0 saturated heterocycles. The number of benzene rings is 2. The van der Waals surface area contributed by atoms with Gasteiger partial charge in [-0.2, -0.15) is 0 Å². The second-order valence-electron chi connectivity index (χ2n) is 8.47. The first-order valence-electron chi connectivity index (χ1n) is 11.2. The van der Waals surface area contributed by atoms with Crippen molar-refractivity contribution in [2.45, 2.75) is 46.7 Å². The van der Waals surface area contributed by atoms with E-state index in [9.17, 15) is 4.79 Å². The molecule has 0 atom stereocenters. The number of aromatic nitrogens is 2. The van der Waals surface area contributed by atoms with Crippen LogP contribution in [0.3, 0.4) is 0 Å². The van der Waals surface area contributed by atoms with E-state index in [1.807, 2.05) is 19.2 Å². The first kappa shape index (κ1) is 26.4. The third-order valence-electron chi connectivity index (χ3n) is 5.02. The Bertz CT molecular complexity index is 1200. The summed E-state index contributed by atoms with van der Waals surface area (Å²) in [7, 11) is 3.41. The molecule has 3 rings (SSSR count). The smallest absolute Gasteiger partial charge is 0.431 e. The molecule has 3 aromatic rings. The molecule has 0 spiro atoms. The van der Waals surface area contributed by atoms with E-state index in [-0.39, 0.29) is 5.91 Å². The molecule has 0 bridgehead atoms. The van der Waals surface area contributed by atoms with Gasteiger partial charge >= 0.3 is 5.13 Å². The number of ether oxygens (including phenoxy) is 1. The topological polar surface area (TPSA) is 95.1 Å². The normalized spacial score (nSPS) is 11.4. The largest absolute Gasteiger partial charge is 0.494 e. The molecule has 1 amide bonds. The summed E-state index contributed by atoms with van der Waals surface area (Å²) in [5, 5.41) is 21.8. The monoisotopic (exact) mass is 516 g/mol. The Kier molecular flexibility index (Phi) is 8.63. The molecule has 0 aliphatic heterocycles. The van der Waals surface area contributed by atoms with Gasteiger partial charge in [0.2, 0.25) is 11.0 Å². The highest BCUT2D eigenvalue weighted by Crippen LogP contribution is 2.39. The lowest BCUT2D eigenvalue weighted by Crippen LogP contribution is -2.39. The quantitative estimate of drug-likeness (QED) is 0.254. The fraction of sp³-hybridized carbons (Fsp3) is 0.375. The summed E-state index contributed by atoms with van der Waals surface area (Å²) >= 11 is 7.45. The number of aryl methyl sites for hydroxylation is 1. The predicted molar refractivity (Wildman–Crippen MR) is 142 cm³/mol. The number of halogens is 1. The van der Waals surface area contributed by atoms with Gasteiger partial charge in [0.1, 0.15) is 18.5 Å². The van der Waals surface area contributed by atoms with Gasteiger partial charge in [-0.25, -0.2) is 0 Å². The second-order valence-corrected chi connectivity index (χ2v) is 9.84. The Hall–Kier alpha value is -3.24. The number of methoxy groups -OCH3 is 1. The lowest BCUT2D eigenvalue weighted by molar-refractivity contribution is -0.712. The highest BCUT2D eigenvalue weighted by atomic mass is 35.5. The van der Waals surface area contributed by atoms with Crippen molar-refractivity contribution in [3.05, 3.63) is 41.4 Å². The van der Waals surface area contributed by atoms with Crippen LogP contribution in [-0.2, 0) is 11.8 Å². The minimum absolute atomic E-state index is 0.223. The molecule has 35 heavy (non-hydrogen) atoms. The van der Waals surface area contributed by atoms with Gasteiger partial charge in [-0.15, -0.1) is 4.68 Å². The fourth-order valence-electron chi connectivity index (χ4n) is 3.56. The summed E-state index contributed by atoms with van der Waals surface area (Å²) in [6, 6.07) is 11.4. The Labute approximate surface area is 214 Å². The number of hydrogen-bond donors (Lipinski definition) is 2. The number of nitrogens with one attached hydrogen (secondary N) is 2. The molecule has 0 unspecified atom stereocenters. The van der Waals surface area contributed by atoms with Gasteiger partial charge in [-0.05, 0) is 74.5 Å². The zero-order chi connectivity index (χ0) is 25.7. The Morgan fingerprint density at radius 3 is 2.34 bits per heavy atom. The van der Waals surface area contributed by atoms with Gasteiger partial charge in [0.15, 0.2) is 0 Å². The molecule has 0 aliphatic carbocycles. The summed E-state index contributed by atoms with van der Waals surface area (Å²) in [6.07, 6.45) is 0. The van der Waals surface area contributed by atoms with Crippen molar-refractivity contribution >= 4 is 61.9 Å².